The third-order valence-electron chi connectivity index (χ3n) is 7.44. The molecule has 9 nitrogen and oxygen atoms in total. The molecular formula is C27H39ClF3N5O4. The van der Waals surface area contributed by atoms with Crippen LogP contribution in [0.5, 0.6) is 0 Å². The number of alkyl halides is 3. The zero-order valence-corrected chi connectivity index (χ0v) is 23.8. The highest BCUT2D eigenvalue weighted by atomic mass is 35.5. The number of Topliss-reactive ketones (excluding diaryl/α,β-unsaturated/α-hetero) is 1. The Hall–Kier alpha value is -2.86. The van der Waals surface area contributed by atoms with Crippen LogP contribution >= 0.6 is 12.4 Å². The Labute approximate surface area is 239 Å². The molecule has 0 radical (unpaired) electrons. The molecule has 0 unspecified atom stereocenters. The van der Waals surface area contributed by atoms with E-state index in [0.29, 0.717) is 31.1 Å². The predicted octanol–water partition coefficient (Wildman–Crippen LogP) is 2.68. The minimum Gasteiger partial charge on any atom is -0.344 e. The molecule has 13 heteroatoms. The third kappa shape index (κ3) is 8.57. The highest BCUT2D eigenvalue weighted by Gasteiger charge is 2.46. The normalized spacial score (nSPS) is 19.5. The van der Waals surface area contributed by atoms with Crippen molar-refractivity contribution in [3.05, 3.63) is 35.9 Å². The van der Waals surface area contributed by atoms with Crippen molar-refractivity contribution in [2.45, 2.75) is 76.3 Å². The van der Waals surface area contributed by atoms with Crippen molar-refractivity contribution in [1.29, 1.82) is 0 Å². The minimum absolute atomic E-state index is 0. The number of piperidine rings is 1. The summed E-state index contributed by atoms with van der Waals surface area (Å²) in [5, 5.41) is 8.27. The standard InChI is InChI=1S/C27H38F3N5O4.ClH/c1-17(2)22(33-26(39)34-14-11-19(31-3)12-15-34)25(38)35-13-7-10-21(35)24(37)32-20(23(36)27(28,29)30)16-18-8-5-4-6-9-18;/h4-6,8-9,17,19-22,31H,7,10-16H2,1-3H3,(H,32,37)(H,33,39);1H/t20-,21-,22-;/m0./s1. The largest absolute Gasteiger partial charge is 0.452 e. The number of halogens is 4. The van der Waals surface area contributed by atoms with Gasteiger partial charge in [0, 0.05) is 32.1 Å². The zero-order valence-electron chi connectivity index (χ0n) is 23.0. The molecule has 2 aliphatic heterocycles. The summed E-state index contributed by atoms with van der Waals surface area (Å²) >= 11 is 0. The number of urea groups is 1. The maximum Gasteiger partial charge on any atom is 0.452 e. The molecule has 1 aromatic carbocycles. The van der Waals surface area contributed by atoms with E-state index in [0.717, 1.165) is 12.8 Å². The van der Waals surface area contributed by atoms with E-state index >= 15 is 0 Å². The molecular weight excluding hydrogens is 551 g/mol. The van der Waals surface area contributed by atoms with Crippen LogP contribution in [0.1, 0.15) is 45.1 Å². The summed E-state index contributed by atoms with van der Waals surface area (Å²) in [6.07, 6.45) is -3.17. The van der Waals surface area contributed by atoms with Crippen molar-refractivity contribution < 1.29 is 32.3 Å². The summed E-state index contributed by atoms with van der Waals surface area (Å²) in [5.41, 5.74) is 0.459. The van der Waals surface area contributed by atoms with E-state index in [1.54, 1.807) is 49.1 Å². The lowest BCUT2D eigenvalue weighted by Gasteiger charge is -2.35. The number of nitrogens with one attached hydrogen (secondary N) is 3. The molecule has 3 N–H and O–H groups in total. The summed E-state index contributed by atoms with van der Waals surface area (Å²) in [4.78, 5) is 54.8. The Kier molecular flexibility index (Phi) is 12.2. The van der Waals surface area contributed by atoms with Crippen LogP contribution in [-0.4, -0.2) is 90.5 Å². The fourth-order valence-corrected chi connectivity index (χ4v) is 5.12. The fraction of sp³-hybridized carbons (Fsp3) is 0.630. The second-order valence-corrected chi connectivity index (χ2v) is 10.5. The van der Waals surface area contributed by atoms with Crippen molar-refractivity contribution >= 4 is 36.0 Å². The molecule has 0 aromatic heterocycles. The zero-order chi connectivity index (χ0) is 28.7. The Bertz CT molecular complexity index is 1020. The van der Waals surface area contributed by atoms with E-state index in [9.17, 15) is 32.3 Å². The lowest BCUT2D eigenvalue weighted by molar-refractivity contribution is -0.173. The number of carbonyl (C=O) groups excluding carboxylic acids is 4. The van der Waals surface area contributed by atoms with Crippen LogP contribution in [0.25, 0.3) is 0 Å². The number of likely N-dealkylation sites (tertiary alicyclic amines) is 2. The number of ketones is 1. The lowest BCUT2D eigenvalue weighted by Crippen LogP contribution is -2.59. The van der Waals surface area contributed by atoms with E-state index in [2.05, 4.69) is 16.0 Å². The second kappa shape index (κ2) is 14.7. The van der Waals surface area contributed by atoms with Crippen LogP contribution in [0.4, 0.5) is 18.0 Å². The number of rotatable bonds is 9. The number of carbonyl (C=O) groups is 4. The number of hydrogen-bond acceptors (Lipinski definition) is 5. The van der Waals surface area contributed by atoms with Gasteiger partial charge in [-0.05, 0) is 44.2 Å². The van der Waals surface area contributed by atoms with Gasteiger partial charge in [-0.2, -0.15) is 13.2 Å². The molecule has 0 spiro atoms. The van der Waals surface area contributed by atoms with Gasteiger partial charge >= 0.3 is 12.2 Å². The summed E-state index contributed by atoms with van der Waals surface area (Å²) in [5.74, 6) is -3.63. The van der Waals surface area contributed by atoms with Crippen molar-refractivity contribution in [1.82, 2.24) is 25.8 Å². The molecule has 4 amide bonds. The first kappa shape index (κ1) is 33.3. The molecule has 2 heterocycles. The summed E-state index contributed by atoms with van der Waals surface area (Å²) in [6.45, 7) is 4.86. The smallest absolute Gasteiger partial charge is 0.344 e. The molecule has 2 aliphatic rings. The molecule has 0 bridgehead atoms. The van der Waals surface area contributed by atoms with Gasteiger partial charge in [-0.25, -0.2) is 4.79 Å². The fourth-order valence-electron chi connectivity index (χ4n) is 5.12. The molecule has 2 fully saturated rings. The van der Waals surface area contributed by atoms with Crippen LogP contribution in [0.3, 0.4) is 0 Å². The van der Waals surface area contributed by atoms with Gasteiger partial charge < -0.3 is 25.8 Å². The van der Waals surface area contributed by atoms with Gasteiger partial charge in [-0.1, -0.05) is 44.2 Å². The second-order valence-electron chi connectivity index (χ2n) is 10.5. The van der Waals surface area contributed by atoms with Crippen molar-refractivity contribution in [3.63, 3.8) is 0 Å². The van der Waals surface area contributed by atoms with Gasteiger partial charge in [-0.3, -0.25) is 14.4 Å². The highest BCUT2D eigenvalue weighted by Crippen LogP contribution is 2.23. The van der Waals surface area contributed by atoms with Gasteiger partial charge in [0.2, 0.25) is 11.8 Å². The molecule has 224 valence electrons. The van der Waals surface area contributed by atoms with Gasteiger partial charge in [0.1, 0.15) is 18.1 Å². The Morgan fingerprint density at radius 2 is 1.60 bits per heavy atom. The lowest BCUT2D eigenvalue weighted by atomic mass is 10.0. The van der Waals surface area contributed by atoms with Crippen molar-refractivity contribution in [3.8, 4) is 0 Å². The molecule has 0 saturated carbocycles. The van der Waals surface area contributed by atoms with E-state index in [4.69, 9.17) is 0 Å². The number of amides is 4. The first-order chi connectivity index (χ1) is 18.4. The first-order valence-corrected chi connectivity index (χ1v) is 13.4. The maximum absolute atomic E-state index is 13.5. The van der Waals surface area contributed by atoms with E-state index in [1.807, 2.05) is 7.05 Å². The molecule has 1 aromatic rings. The minimum atomic E-state index is -5.13. The molecule has 0 aliphatic carbocycles. The maximum atomic E-state index is 13.5. The average Bonchev–Trinajstić information content (AvgIpc) is 3.40. The van der Waals surface area contributed by atoms with E-state index in [-0.39, 0.29) is 43.7 Å². The monoisotopic (exact) mass is 589 g/mol. The Balaban J connectivity index is 0.00000560. The third-order valence-corrected chi connectivity index (χ3v) is 7.44. The molecule has 2 saturated heterocycles. The number of benzene rings is 1. The highest BCUT2D eigenvalue weighted by molar-refractivity contribution is 5.96. The van der Waals surface area contributed by atoms with Gasteiger partial charge in [0.15, 0.2) is 0 Å². The first-order valence-electron chi connectivity index (χ1n) is 13.4. The number of hydrogen-bond donors (Lipinski definition) is 3. The van der Waals surface area contributed by atoms with Gasteiger partial charge in [0.25, 0.3) is 5.78 Å². The SMILES string of the molecule is CNC1CCN(C(=O)N[C@H](C(=O)N2CCC[C@H]2C(=O)N[C@@H](Cc2ccccc2)C(=O)C(F)(F)F)C(C)C)CC1.Cl. The topological polar surface area (TPSA) is 111 Å². The van der Waals surface area contributed by atoms with Crippen LogP contribution in [-0.2, 0) is 20.8 Å². The molecule has 3 rings (SSSR count). The molecule has 40 heavy (non-hydrogen) atoms. The Morgan fingerprint density at radius 1 is 0.975 bits per heavy atom. The quantitative estimate of drug-likeness (QED) is 0.410. The van der Waals surface area contributed by atoms with Crippen molar-refractivity contribution in [2.75, 3.05) is 26.7 Å². The van der Waals surface area contributed by atoms with Crippen LogP contribution in [0, 0.1) is 5.92 Å². The van der Waals surface area contributed by atoms with Crippen LogP contribution in [0.15, 0.2) is 30.3 Å². The summed E-state index contributed by atoms with van der Waals surface area (Å²) in [6, 6.07) is 4.30. The number of nitrogens with zero attached hydrogens (tertiary/aromatic N) is 2. The van der Waals surface area contributed by atoms with Crippen LogP contribution in [0.2, 0.25) is 0 Å². The predicted molar refractivity (Wildman–Crippen MR) is 146 cm³/mol. The van der Waals surface area contributed by atoms with E-state index < -0.39 is 41.9 Å². The van der Waals surface area contributed by atoms with Crippen molar-refractivity contribution in [2.24, 2.45) is 5.92 Å². The average molecular weight is 590 g/mol. The van der Waals surface area contributed by atoms with Crippen LogP contribution < -0.4 is 16.0 Å². The van der Waals surface area contributed by atoms with Gasteiger partial charge in [0.05, 0.1) is 0 Å². The summed E-state index contributed by atoms with van der Waals surface area (Å²) < 4.78 is 40.0. The van der Waals surface area contributed by atoms with Gasteiger partial charge in [-0.15, -0.1) is 12.4 Å². The van der Waals surface area contributed by atoms with E-state index in [1.165, 1.54) is 4.90 Å². The summed E-state index contributed by atoms with van der Waals surface area (Å²) in [7, 11) is 1.87. The molecule has 3 atom stereocenters. The Morgan fingerprint density at radius 3 is 2.15 bits per heavy atom.